The molecule has 0 radical (unpaired) electrons. The van der Waals surface area contributed by atoms with E-state index in [0.29, 0.717) is 18.0 Å². The molecule has 1 fully saturated rings. The highest BCUT2D eigenvalue weighted by Crippen LogP contribution is 2.25. The number of hydrogen-bond donors (Lipinski definition) is 1. The summed E-state index contributed by atoms with van der Waals surface area (Å²) in [6.45, 7) is 12.9. The first kappa shape index (κ1) is 16.5. The molecule has 0 saturated carbocycles. The second-order valence-electron chi connectivity index (χ2n) is 6.82. The normalized spacial score (nSPS) is 23.9. The quantitative estimate of drug-likeness (QED) is 0.848. The molecule has 0 bridgehead atoms. The van der Waals surface area contributed by atoms with Gasteiger partial charge < -0.3 is 5.32 Å². The number of nitrogens with one attached hydrogen (secondary N) is 1. The Balaban J connectivity index is 2.08. The highest BCUT2D eigenvalue weighted by atomic mass is 15.2. The van der Waals surface area contributed by atoms with Crippen molar-refractivity contribution in [3.8, 4) is 0 Å². The van der Waals surface area contributed by atoms with Gasteiger partial charge in [-0.25, -0.2) is 0 Å². The summed E-state index contributed by atoms with van der Waals surface area (Å²) in [6, 6.07) is 12.1. The van der Waals surface area contributed by atoms with Gasteiger partial charge in [-0.15, -0.1) is 0 Å². The fraction of sp³-hybridized carbons (Fsp3) is 0.684. The Morgan fingerprint density at radius 2 is 1.81 bits per heavy atom. The minimum absolute atomic E-state index is 0.482. The van der Waals surface area contributed by atoms with Crippen molar-refractivity contribution >= 4 is 0 Å². The molecule has 2 unspecified atom stereocenters. The van der Waals surface area contributed by atoms with Crippen molar-refractivity contribution < 1.29 is 0 Å². The summed E-state index contributed by atoms with van der Waals surface area (Å²) < 4.78 is 0. The average Bonchev–Trinajstić information content (AvgIpc) is 2.53. The van der Waals surface area contributed by atoms with Gasteiger partial charge in [-0.1, -0.05) is 70.9 Å². The first-order valence-corrected chi connectivity index (χ1v) is 8.68. The zero-order chi connectivity index (χ0) is 15.2. The van der Waals surface area contributed by atoms with E-state index in [1.54, 1.807) is 0 Å². The third-order valence-electron chi connectivity index (χ3n) is 5.08. The van der Waals surface area contributed by atoms with E-state index in [1.165, 1.54) is 24.9 Å². The van der Waals surface area contributed by atoms with Crippen molar-refractivity contribution in [2.24, 2.45) is 11.8 Å². The smallest absolute Gasteiger partial charge is 0.0449 e. The van der Waals surface area contributed by atoms with Crippen molar-refractivity contribution in [3.05, 3.63) is 35.9 Å². The summed E-state index contributed by atoms with van der Waals surface area (Å²) in [5.74, 6) is 1.55. The van der Waals surface area contributed by atoms with Crippen LogP contribution >= 0.6 is 0 Å². The molecule has 21 heavy (non-hydrogen) atoms. The maximum absolute atomic E-state index is 3.76. The summed E-state index contributed by atoms with van der Waals surface area (Å²) in [4.78, 5) is 2.75. The molecule has 1 heterocycles. The largest absolute Gasteiger partial charge is 0.307 e. The van der Waals surface area contributed by atoms with Gasteiger partial charge in [-0.05, 0) is 17.4 Å². The van der Waals surface area contributed by atoms with Gasteiger partial charge in [0.25, 0.3) is 0 Å². The van der Waals surface area contributed by atoms with Crippen LogP contribution in [-0.2, 0) is 0 Å². The Hall–Kier alpha value is -0.860. The summed E-state index contributed by atoms with van der Waals surface area (Å²) >= 11 is 0. The van der Waals surface area contributed by atoms with E-state index in [0.717, 1.165) is 19.0 Å². The fourth-order valence-electron chi connectivity index (χ4n) is 3.48. The molecule has 2 rings (SSSR count). The fourth-order valence-corrected chi connectivity index (χ4v) is 3.48. The molecule has 0 amide bonds. The maximum atomic E-state index is 3.76. The lowest BCUT2D eigenvalue weighted by Gasteiger charge is -2.44. The lowest BCUT2D eigenvalue weighted by Crippen LogP contribution is -2.55. The Morgan fingerprint density at radius 3 is 2.38 bits per heavy atom. The van der Waals surface area contributed by atoms with Gasteiger partial charge in [0.15, 0.2) is 0 Å². The van der Waals surface area contributed by atoms with Gasteiger partial charge >= 0.3 is 0 Å². The zero-order valence-corrected chi connectivity index (χ0v) is 14.2. The van der Waals surface area contributed by atoms with Gasteiger partial charge in [0, 0.05) is 31.7 Å². The summed E-state index contributed by atoms with van der Waals surface area (Å²) in [7, 11) is 0. The van der Waals surface area contributed by atoms with Crippen molar-refractivity contribution in [3.63, 3.8) is 0 Å². The lowest BCUT2D eigenvalue weighted by atomic mass is 9.93. The number of rotatable bonds is 6. The van der Waals surface area contributed by atoms with Crippen LogP contribution in [0.25, 0.3) is 0 Å². The molecular formula is C19H32N2. The van der Waals surface area contributed by atoms with Gasteiger partial charge in [0.1, 0.15) is 0 Å². The van der Waals surface area contributed by atoms with E-state index in [4.69, 9.17) is 0 Å². The molecule has 1 saturated heterocycles. The van der Waals surface area contributed by atoms with Crippen LogP contribution in [0.3, 0.4) is 0 Å². The van der Waals surface area contributed by atoms with Gasteiger partial charge in [-0.2, -0.15) is 0 Å². The van der Waals surface area contributed by atoms with E-state index >= 15 is 0 Å². The predicted octanol–water partition coefficient (Wildman–Crippen LogP) is 4.09. The van der Waals surface area contributed by atoms with Crippen LogP contribution in [0, 0.1) is 11.8 Å². The third-order valence-corrected chi connectivity index (χ3v) is 5.08. The summed E-state index contributed by atoms with van der Waals surface area (Å²) in [6.07, 6.45) is 2.59. The molecule has 1 aliphatic rings. The lowest BCUT2D eigenvalue weighted by molar-refractivity contribution is 0.0796. The van der Waals surface area contributed by atoms with E-state index in [1.807, 2.05) is 0 Å². The molecular weight excluding hydrogens is 256 g/mol. The Bertz CT molecular complexity index is 397. The summed E-state index contributed by atoms with van der Waals surface area (Å²) in [5, 5.41) is 3.76. The Morgan fingerprint density at radius 1 is 1.14 bits per heavy atom. The highest BCUT2D eigenvalue weighted by Gasteiger charge is 2.31. The van der Waals surface area contributed by atoms with Crippen LogP contribution in [0.1, 0.15) is 52.1 Å². The minimum Gasteiger partial charge on any atom is -0.307 e. The van der Waals surface area contributed by atoms with Gasteiger partial charge in [-0.3, -0.25) is 4.90 Å². The van der Waals surface area contributed by atoms with Crippen molar-refractivity contribution in [2.45, 2.75) is 52.6 Å². The van der Waals surface area contributed by atoms with Crippen LogP contribution in [0.4, 0.5) is 0 Å². The molecule has 0 aromatic heterocycles. The second-order valence-corrected chi connectivity index (χ2v) is 6.82. The molecule has 2 heteroatoms. The first-order valence-electron chi connectivity index (χ1n) is 8.68. The molecule has 118 valence electrons. The maximum Gasteiger partial charge on any atom is 0.0449 e. The SMILES string of the molecule is CCC(CC)CN1CC(c2ccccc2)NCC1C(C)C. The number of benzene rings is 1. The molecule has 1 aliphatic heterocycles. The molecule has 1 aromatic carbocycles. The Labute approximate surface area is 130 Å². The van der Waals surface area contributed by atoms with Crippen LogP contribution in [-0.4, -0.2) is 30.6 Å². The van der Waals surface area contributed by atoms with Crippen LogP contribution < -0.4 is 5.32 Å². The zero-order valence-electron chi connectivity index (χ0n) is 14.2. The predicted molar refractivity (Wildman–Crippen MR) is 91.5 cm³/mol. The average molecular weight is 288 g/mol. The second kappa shape index (κ2) is 7.95. The molecule has 2 nitrogen and oxygen atoms in total. The molecule has 0 aliphatic carbocycles. The van der Waals surface area contributed by atoms with Gasteiger partial charge in [0.05, 0.1) is 0 Å². The number of hydrogen-bond acceptors (Lipinski definition) is 2. The topological polar surface area (TPSA) is 15.3 Å². The van der Waals surface area contributed by atoms with Crippen molar-refractivity contribution in [1.82, 2.24) is 10.2 Å². The standard InChI is InChI=1S/C19H32N2/c1-5-16(6-2)13-21-14-18(17-10-8-7-9-11-17)20-12-19(21)15(3)4/h7-11,15-16,18-20H,5-6,12-14H2,1-4H3. The first-order chi connectivity index (χ1) is 10.2. The Kier molecular flexibility index (Phi) is 6.25. The third kappa shape index (κ3) is 4.31. The van der Waals surface area contributed by atoms with Crippen LogP contribution in [0.2, 0.25) is 0 Å². The van der Waals surface area contributed by atoms with Crippen molar-refractivity contribution in [2.75, 3.05) is 19.6 Å². The van der Waals surface area contributed by atoms with Crippen LogP contribution in [0.5, 0.6) is 0 Å². The summed E-state index contributed by atoms with van der Waals surface area (Å²) in [5.41, 5.74) is 1.43. The molecule has 1 aromatic rings. The highest BCUT2D eigenvalue weighted by molar-refractivity contribution is 5.20. The van der Waals surface area contributed by atoms with E-state index < -0.39 is 0 Å². The molecule has 0 spiro atoms. The minimum atomic E-state index is 0.482. The van der Waals surface area contributed by atoms with E-state index in [-0.39, 0.29) is 0 Å². The van der Waals surface area contributed by atoms with Crippen molar-refractivity contribution in [1.29, 1.82) is 0 Å². The molecule has 2 atom stereocenters. The number of nitrogens with zero attached hydrogens (tertiary/aromatic N) is 1. The number of piperazine rings is 1. The van der Waals surface area contributed by atoms with E-state index in [2.05, 4.69) is 68.2 Å². The molecule has 1 N–H and O–H groups in total. The monoisotopic (exact) mass is 288 g/mol. The van der Waals surface area contributed by atoms with Gasteiger partial charge in [0.2, 0.25) is 0 Å². The van der Waals surface area contributed by atoms with Crippen LogP contribution in [0.15, 0.2) is 30.3 Å². The van der Waals surface area contributed by atoms with E-state index in [9.17, 15) is 0 Å².